The highest BCUT2D eigenvalue weighted by molar-refractivity contribution is 7.79. The second-order valence-corrected chi connectivity index (χ2v) is 8.69. The maximum absolute atomic E-state index is 14.1. The fraction of sp³-hybridized carbons (Fsp3) is 0.630. The molecule has 1 N–H and O–H groups in total. The first-order valence-electron chi connectivity index (χ1n) is 11.9. The van der Waals surface area contributed by atoms with Crippen molar-refractivity contribution < 1.29 is 9.18 Å². The highest BCUT2D eigenvalue weighted by atomic mass is 32.1. The third kappa shape index (κ3) is 11.8. The van der Waals surface area contributed by atoms with E-state index in [4.69, 9.17) is 0 Å². The number of piperidine rings is 1. The lowest BCUT2D eigenvalue weighted by Crippen LogP contribution is -2.45. The number of rotatable bonds is 7. The van der Waals surface area contributed by atoms with Crippen molar-refractivity contribution in [3.8, 4) is 12.8 Å². The molecule has 0 unspecified atom stereocenters. The fourth-order valence-corrected chi connectivity index (χ4v) is 4.42. The van der Waals surface area contributed by atoms with Crippen LogP contribution in [-0.4, -0.2) is 93.7 Å². The Morgan fingerprint density at radius 2 is 1.89 bits per heavy atom. The highest BCUT2D eigenvalue weighted by Gasteiger charge is 2.46. The first-order chi connectivity index (χ1) is 16.8. The Kier molecular flexibility index (Phi) is 20.0. The third-order valence-corrected chi connectivity index (χ3v) is 6.16. The molecule has 2 aliphatic heterocycles. The minimum atomic E-state index is -0.210. The number of nitrogens with one attached hydrogen (secondary N) is 1. The zero-order chi connectivity index (χ0) is 27.4. The molecule has 0 aromatic carbocycles. The second-order valence-electron chi connectivity index (χ2n) is 8.69. The molecule has 2 saturated heterocycles. The zero-order valence-electron chi connectivity index (χ0n) is 22.8. The number of likely N-dealkylation sites (tertiary alicyclic amines) is 2. The molecule has 0 aliphatic carbocycles. The summed E-state index contributed by atoms with van der Waals surface area (Å²) in [6, 6.07) is 0.00725. The van der Waals surface area contributed by atoms with Crippen LogP contribution in [0.3, 0.4) is 0 Å². The lowest BCUT2D eigenvalue weighted by atomic mass is 9.74. The molecule has 6 nitrogen and oxygen atoms in total. The largest absolute Gasteiger partial charge is 0.376 e. The summed E-state index contributed by atoms with van der Waals surface area (Å²) in [5, 5.41) is 3.20. The van der Waals surface area contributed by atoms with Gasteiger partial charge >= 0.3 is 6.03 Å². The van der Waals surface area contributed by atoms with E-state index in [9.17, 15) is 9.18 Å². The van der Waals surface area contributed by atoms with Gasteiger partial charge in [-0.2, -0.15) is 12.6 Å². The average molecular weight is 510 g/mol. The molecular weight excluding hydrogens is 461 g/mol. The van der Waals surface area contributed by atoms with Gasteiger partial charge in [0.05, 0.1) is 6.34 Å². The van der Waals surface area contributed by atoms with Gasteiger partial charge in [0.1, 0.15) is 5.83 Å². The molecule has 2 aliphatic rings. The number of nitrogens with zero attached hydrogens (tertiary/aromatic N) is 4. The van der Waals surface area contributed by atoms with Crippen LogP contribution in [0.25, 0.3) is 0 Å². The SMILES string of the molecule is C#C.C/C=C(F)\C=C1/CN(C(=O)N(C)C)CC12CCN(C[C@@H](C)CCNC=NC)CC2.C=C.CS. The number of terminal acetylenes is 1. The van der Waals surface area contributed by atoms with Gasteiger partial charge in [0.2, 0.25) is 0 Å². The number of carbonyl (C=O) groups is 1. The maximum Gasteiger partial charge on any atom is 0.319 e. The van der Waals surface area contributed by atoms with Crippen molar-refractivity contribution >= 4 is 25.0 Å². The quantitative estimate of drug-likeness (QED) is 0.130. The average Bonchev–Trinajstić information content (AvgIpc) is 3.23. The third-order valence-electron chi connectivity index (χ3n) is 6.16. The highest BCUT2D eigenvalue weighted by Crippen LogP contribution is 2.45. The van der Waals surface area contributed by atoms with E-state index in [-0.39, 0.29) is 17.3 Å². The van der Waals surface area contributed by atoms with Crippen molar-refractivity contribution in [3.63, 3.8) is 0 Å². The van der Waals surface area contributed by atoms with Crippen molar-refractivity contribution in [3.05, 3.63) is 36.7 Å². The lowest BCUT2D eigenvalue weighted by molar-refractivity contribution is 0.112. The molecule has 0 saturated carbocycles. The summed E-state index contributed by atoms with van der Waals surface area (Å²) in [5.74, 6) is 0.394. The van der Waals surface area contributed by atoms with Crippen LogP contribution < -0.4 is 5.32 Å². The van der Waals surface area contributed by atoms with Crippen LogP contribution in [-0.2, 0) is 0 Å². The Hall–Kier alpha value is -2.24. The van der Waals surface area contributed by atoms with E-state index in [0.29, 0.717) is 19.0 Å². The van der Waals surface area contributed by atoms with Crippen LogP contribution in [0, 0.1) is 24.2 Å². The summed E-state index contributed by atoms with van der Waals surface area (Å²) in [5.41, 5.74) is 0.976. The van der Waals surface area contributed by atoms with Gasteiger partial charge in [0.25, 0.3) is 0 Å². The molecule has 0 aromatic rings. The standard InChI is InChI=1S/C22H38FN5O.C2H4.C2H2.CH4S/c1-6-20(23)13-19-15-28(21(29)26(4)5)16-22(19)8-11-27(12-9-22)14-18(2)7-10-25-17-24-3;3*1-2/h6,13,17-18H,7-12,14-16H2,1-5H3,(H,24,25);1-2H2;1-2H;2H,1H3/b19-13+,20-6+;;;/t18-;;;/m0.../s1. The Morgan fingerprint density at radius 3 is 2.37 bits per heavy atom. The van der Waals surface area contributed by atoms with Crippen molar-refractivity contribution in [2.24, 2.45) is 16.3 Å². The molecule has 2 amide bonds. The monoisotopic (exact) mass is 509 g/mol. The van der Waals surface area contributed by atoms with Gasteiger partial charge in [-0.25, -0.2) is 9.18 Å². The van der Waals surface area contributed by atoms with Gasteiger partial charge in [-0.1, -0.05) is 13.0 Å². The van der Waals surface area contributed by atoms with Crippen LogP contribution >= 0.6 is 12.6 Å². The van der Waals surface area contributed by atoms with Gasteiger partial charge in [-0.3, -0.25) is 4.99 Å². The Balaban J connectivity index is 0. The molecular formula is C27H48FN5OS. The molecule has 0 aromatic heterocycles. The maximum atomic E-state index is 14.1. The van der Waals surface area contributed by atoms with Gasteiger partial charge in [-0.15, -0.1) is 26.0 Å². The van der Waals surface area contributed by atoms with Gasteiger partial charge in [0, 0.05) is 52.7 Å². The smallest absolute Gasteiger partial charge is 0.319 e. The number of halogens is 1. The van der Waals surface area contributed by atoms with Crippen LogP contribution in [0.1, 0.15) is 33.1 Å². The molecule has 2 fully saturated rings. The van der Waals surface area contributed by atoms with Crippen LogP contribution in [0.4, 0.5) is 9.18 Å². The Labute approximate surface area is 219 Å². The second kappa shape index (κ2) is 20.0. The number of hydrogen-bond acceptors (Lipinski definition) is 4. The molecule has 35 heavy (non-hydrogen) atoms. The predicted molar refractivity (Wildman–Crippen MR) is 154 cm³/mol. The minimum absolute atomic E-state index is 0.00725. The lowest BCUT2D eigenvalue weighted by Gasteiger charge is -2.41. The van der Waals surface area contributed by atoms with Gasteiger partial charge < -0.3 is 20.0 Å². The summed E-state index contributed by atoms with van der Waals surface area (Å²) in [6.07, 6.45) is 17.7. The van der Waals surface area contributed by atoms with E-state index in [1.54, 1.807) is 51.6 Å². The molecule has 2 rings (SSSR count). The van der Waals surface area contributed by atoms with Crippen molar-refractivity contribution in [2.45, 2.75) is 33.1 Å². The number of urea groups is 1. The topological polar surface area (TPSA) is 51.2 Å². The summed E-state index contributed by atoms with van der Waals surface area (Å²) in [4.78, 5) is 22.5. The van der Waals surface area contributed by atoms with Crippen LogP contribution in [0.15, 0.2) is 41.7 Å². The number of hydrogen-bond donors (Lipinski definition) is 2. The predicted octanol–water partition coefficient (Wildman–Crippen LogP) is 4.74. The molecule has 200 valence electrons. The first kappa shape index (κ1) is 34.9. The van der Waals surface area contributed by atoms with E-state index < -0.39 is 0 Å². The summed E-state index contributed by atoms with van der Waals surface area (Å²) in [6.45, 7) is 15.2. The number of thiol groups is 1. The molecule has 1 spiro atoms. The molecule has 8 heteroatoms. The number of allylic oxidation sites excluding steroid dienone is 3. The van der Waals surface area contributed by atoms with Crippen LogP contribution in [0.2, 0.25) is 0 Å². The van der Waals surface area contributed by atoms with Crippen molar-refractivity contribution in [2.75, 3.05) is 66.7 Å². The van der Waals surface area contributed by atoms with Crippen molar-refractivity contribution in [1.82, 2.24) is 20.0 Å². The van der Waals surface area contributed by atoms with Crippen molar-refractivity contribution in [1.29, 1.82) is 0 Å². The van der Waals surface area contributed by atoms with E-state index >= 15 is 0 Å². The van der Waals surface area contributed by atoms with E-state index in [1.807, 2.05) is 4.90 Å². The first-order valence-corrected chi connectivity index (χ1v) is 12.8. The number of amides is 2. The summed E-state index contributed by atoms with van der Waals surface area (Å²) in [7, 11) is 5.31. The number of carbonyl (C=O) groups excluding carboxylic acids is 1. The number of aliphatic imine (C=N–C) groups is 1. The molecule has 0 radical (unpaired) electrons. The van der Waals surface area contributed by atoms with Gasteiger partial charge in [0.15, 0.2) is 0 Å². The zero-order valence-corrected chi connectivity index (χ0v) is 23.7. The Bertz CT molecular complexity index is 697. The minimum Gasteiger partial charge on any atom is -0.376 e. The molecule has 0 bridgehead atoms. The van der Waals surface area contributed by atoms with Gasteiger partial charge in [-0.05, 0) is 63.1 Å². The fourth-order valence-electron chi connectivity index (χ4n) is 4.42. The normalized spacial score (nSPS) is 19.1. The van der Waals surface area contributed by atoms with Crippen LogP contribution in [0.5, 0.6) is 0 Å². The molecule has 2 heterocycles. The van der Waals surface area contributed by atoms with E-state index in [1.165, 1.54) is 6.08 Å². The molecule has 1 atom stereocenters. The Morgan fingerprint density at radius 1 is 1.31 bits per heavy atom. The summed E-state index contributed by atoms with van der Waals surface area (Å²) >= 11 is 3.53. The van der Waals surface area contributed by atoms with E-state index in [0.717, 1.165) is 51.0 Å². The summed E-state index contributed by atoms with van der Waals surface area (Å²) < 4.78 is 14.1. The van der Waals surface area contributed by atoms with E-state index in [2.05, 4.69) is 60.8 Å².